The number of aliphatic hydroxyl groups excluding tert-OH is 1. The van der Waals surface area contributed by atoms with Crippen molar-refractivity contribution in [2.24, 2.45) is 0 Å². The zero-order chi connectivity index (χ0) is 13.2. The van der Waals surface area contributed by atoms with Crippen LogP contribution in [0.4, 0.5) is 0 Å². The van der Waals surface area contributed by atoms with Crippen LogP contribution in [0.15, 0.2) is 24.3 Å². The highest BCUT2D eigenvalue weighted by Crippen LogP contribution is 2.28. The minimum absolute atomic E-state index is 0.407. The highest BCUT2D eigenvalue weighted by molar-refractivity contribution is 6.76. The van der Waals surface area contributed by atoms with Crippen LogP contribution in [0.5, 0.6) is 5.75 Å². The predicted molar refractivity (Wildman–Crippen MR) is 79.0 cm³/mol. The molecular formula is C15H22O2Si. The zero-order valence-corrected chi connectivity index (χ0v) is 12.5. The summed E-state index contributed by atoms with van der Waals surface area (Å²) in [5, 5.41) is 9.76. The molecule has 1 aromatic carbocycles. The fraction of sp³-hybridized carbons (Fsp3) is 0.467. The monoisotopic (exact) mass is 262 g/mol. The van der Waals surface area contributed by atoms with Gasteiger partial charge in [0.2, 0.25) is 0 Å². The van der Waals surface area contributed by atoms with E-state index in [4.69, 9.17) is 4.74 Å². The lowest BCUT2D eigenvalue weighted by Gasteiger charge is -2.18. The molecule has 0 saturated heterocycles. The average molecular weight is 262 g/mol. The maximum Gasteiger partial charge on any atom is 0.119 e. The summed E-state index contributed by atoms with van der Waals surface area (Å²) in [5.41, 5.74) is 2.15. The molecule has 0 amide bonds. The van der Waals surface area contributed by atoms with E-state index in [1.165, 1.54) is 11.6 Å². The Kier molecular flexibility index (Phi) is 3.81. The van der Waals surface area contributed by atoms with E-state index in [1.54, 1.807) is 0 Å². The van der Waals surface area contributed by atoms with Crippen LogP contribution in [0.1, 0.15) is 17.5 Å². The average Bonchev–Trinajstić information content (AvgIpc) is 2.27. The number of benzene rings is 1. The predicted octanol–water partition coefficient (Wildman–Crippen LogP) is 4.25. The maximum atomic E-state index is 9.76. The van der Waals surface area contributed by atoms with Gasteiger partial charge in [-0.05, 0) is 48.7 Å². The first-order valence-corrected chi connectivity index (χ1v) is 10.3. The molecule has 1 N–H and O–H groups in total. The van der Waals surface area contributed by atoms with Crippen LogP contribution in [0.2, 0.25) is 25.7 Å². The number of allylic oxidation sites excluding steroid dienone is 1. The Morgan fingerprint density at radius 2 is 2.06 bits per heavy atom. The second kappa shape index (κ2) is 5.18. The Morgan fingerprint density at radius 3 is 2.78 bits per heavy atom. The summed E-state index contributed by atoms with van der Waals surface area (Å²) in [6.45, 7) is 7.86. The van der Waals surface area contributed by atoms with Crippen LogP contribution in [-0.4, -0.2) is 19.8 Å². The molecule has 2 nitrogen and oxygen atoms in total. The van der Waals surface area contributed by atoms with Gasteiger partial charge in [0.05, 0.1) is 6.61 Å². The molecule has 1 aliphatic rings. The van der Waals surface area contributed by atoms with E-state index < -0.39 is 8.07 Å². The lowest BCUT2D eigenvalue weighted by atomic mass is 9.96. The van der Waals surface area contributed by atoms with Gasteiger partial charge in [-0.3, -0.25) is 0 Å². The van der Waals surface area contributed by atoms with Gasteiger partial charge in [0.15, 0.2) is 0 Å². The van der Waals surface area contributed by atoms with E-state index >= 15 is 0 Å². The molecule has 0 saturated carbocycles. The molecule has 0 heterocycles. The minimum Gasteiger partial charge on any atom is -0.508 e. The molecule has 0 aromatic heterocycles. The summed E-state index contributed by atoms with van der Waals surface area (Å²) in [5.74, 6) is 1.34. The van der Waals surface area contributed by atoms with Crippen LogP contribution >= 0.6 is 0 Å². The zero-order valence-electron chi connectivity index (χ0n) is 11.5. The second-order valence-electron chi connectivity index (χ2n) is 6.11. The highest BCUT2D eigenvalue weighted by atomic mass is 28.3. The van der Waals surface area contributed by atoms with Crippen molar-refractivity contribution in [1.82, 2.24) is 0 Å². The molecule has 1 aromatic rings. The van der Waals surface area contributed by atoms with Gasteiger partial charge in [-0.15, -0.1) is 0 Å². The fourth-order valence-corrected chi connectivity index (χ4v) is 2.78. The van der Waals surface area contributed by atoms with E-state index in [1.807, 2.05) is 18.2 Å². The Labute approximate surface area is 110 Å². The number of rotatable bonds is 4. The lowest BCUT2D eigenvalue weighted by molar-refractivity contribution is 0.338. The first-order valence-electron chi connectivity index (χ1n) is 6.61. The normalized spacial score (nSPS) is 14.9. The van der Waals surface area contributed by atoms with Gasteiger partial charge >= 0.3 is 0 Å². The molecule has 18 heavy (non-hydrogen) atoms. The Hall–Kier alpha value is -1.22. The Balaban J connectivity index is 2.02. The SMILES string of the molecule is C[Si](C)(C)CCOc1ccc2c(c1)CCC=C2O. The third-order valence-corrected chi connectivity index (χ3v) is 4.93. The second-order valence-corrected chi connectivity index (χ2v) is 11.7. The molecule has 0 spiro atoms. The maximum absolute atomic E-state index is 9.76. The molecule has 2 rings (SSSR count). The molecule has 0 atom stereocenters. The quantitative estimate of drug-likeness (QED) is 0.822. The van der Waals surface area contributed by atoms with Gasteiger partial charge < -0.3 is 9.84 Å². The van der Waals surface area contributed by atoms with Gasteiger partial charge in [-0.2, -0.15) is 0 Å². The van der Waals surface area contributed by atoms with Crippen LogP contribution in [-0.2, 0) is 6.42 Å². The van der Waals surface area contributed by atoms with Crippen LogP contribution in [0, 0.1) is 0 Å². The lowest BCUT2D eigenvalue weighted by Crippen LogP contribution is -2.22. The van der Waals surface area contributed by atoms with Crippen molar-refractivity contribution < 1.29 is 9.84 Å². The number of aryl methyl sites for hydroxylation is 1. The van der Waals surface area contributed by atoms with Gasteiger partial charge in [-0.25, -0.2) is 0 Å². The highest BCUT2D eigenvalue weighted by Gasteiger charge is 2.14. The van der Waals surface area contributed by atoms with Gasteiger partial charge in [0.25, 0.3) is 0 Å². The molecule has 1 aliphatic carbocycles. The first-order chi connectivity index (χ1) is 8.46. The van der Waals surface area contributed by atoms with Gasteiger partial charge in [0.1, 0.15) is 11.5 Å². The third-order valence-electron chi connectivity index (χ3n) is 3.22. The topological polar surface area (TPSA) is 29.5 Å². The van der Waals surface area contributed by atoms with Gasteiger partial charge in [-0.1, -0.05) is 19.6 Å². The summed E-state index contributed by atoms with van der Waals surface area (Å²) in [7, 11) is -1.02. The van der Waals surface area contributed by atoms with E-state index in [-0.39, 0.29) is 0 Å². The number of aliphatic hydroxyl groups is 1. The van der Waals surface area contributed by atoms with Crippen molar-refractivity contribution >= 4 is 13.8 Å². The molecule has 3 heteroatoms. The number of ether oxygens (including phenoxy) is 1. The molecule has 0 unspecified atom stereocenters. The van der Waals surface area contributed by atoms with Crippen molar-refractivity contribution in [3.05, 3.63) is 35.4 Å². The van der Waals surface area contributed by atoms with E-state index in [0.717, 1.165) is 30.8 Å². The van der Waals surface area contributed by atoms with Crippen molar-refractivity contribution in [3.63, 3.8) is 0 Å². The molecule has 0 aliphatic heterocycles. The number of hydrogen-bond acceptors (Lipinski definition) is 2. The molecule has 98 valence electrons. The molecular weight excluding hydrogens is 240 g/mol. The fourth-order valence-electron chi connectivity index (χ4n) is 2.07. The smallest absolute Gasteiger partial charge is 0.119 e. The standard InChI is InChI=1S/C15H22O2Si/c1-18(2,3)10-9-17-13-7-8-14-12(11-13)5-4-6-15(14)16/h6-8,11,16H,4-5,9-10H2,1-3H3. The summed E-state index contributed by atoms with van der Waals surface area (Å²) in [6, 6.07) is 7.17. The number of fused-ring (bicyclic) bond motifs is 1. The third kappa shape index (κ3) is 3.39. The van der Waals surface area contributed by atoms with E-state index in [0.29, 0.717) is 5.76 Å². The van der Waals surface area contributed by atoms with E-state index in [9.17, 15) is 5.11 Å². The molecule has 0 fully saturated rings. The first kappa shape index (κ1) is 13.2. The Bertz CT molecular complexity index is 458. The summed E-state index contributed by atoms with van der Waals surface area (Å²) in [6.07, 6.45) is 3.79. The summed E-state index contributed by atoms with van der Waals surface area (Å²) >= 11 is 0. The van der Waals surface area contributed by atoms with Gasteiger partial charge in [0, 0.05) is 13.6 Å². The van der Waals surface area contributed by atoms with Crippen molar-refractivity contribution in [1.29, 1.82) is 0 Å². The van der Waals surface area contributed by atoms with Crippen molar-refractivity contribution in [2.75, 3.05) is 6.61 Å². The minimum atomic E-state index is -1.02. The Morgan fingerprint density at radius 1 is 1.28 bits per heavy atom. The van der Waals surface area contributed by atoms with Crippen molar-refractivity contribution in [3.8, 4) is 5.75 Å². The molecule has 0 bridgehead atoms. The van der Waals surface area contributed by atoms with E-state index in [2.05, 4.69) is 25.7 Å². The van der Waals surface area contributed by atoms with Crippen LogP contribution in [0.3, 0.4) is 0 Å². The molecule has 0 radical (unpaired) electrons. The summed E-state index contributed by atoms with van der Waals surface area (Å²) < 4.78 is 5.82. The largest absolute Gasteiger partial charge is 0.508 e. The van der Waals surface area contributed by atoms with Crippen molar-refractivity contribution in [2.45, 2.75) is 38.5 Å². The van der Waals surface area contributed by atoms with Crippen LogP contribution < -0.4 is 4.74 Å². The van der Waals surface area contributed by atoms with Crippen LogP contribution in [0.25, 0.3) is 5.76 Å². The number of hydrogen-bond donors (Lipinski definition) is 1. The summed E-state index contributed by atoms with van der Waals surface area (Å²) in [4.78, 5) is 0.